The molecule has 2 aliphatic carbocycles. The van der Waals surface area contributed by atoms with Gasteiger partial charge in [0.1, 0.15) is 0 Å². The molecule has 57 heavy (non-hydrogen) atoms. The molecule has 2 aliphatic rings. The number of fused-ring (bicyclic) bond motifs is 7. The summed E-state index contributed by atoms with van der Waals surface area (Å²) >= 11 is 0. The highest BCUT2D eigenvalue weighted by molar-refractivity contribution is 6.05. The summed E-state index contributed by atoms with van der Waals surface area (Å²) in [5, 5.41) is 2.36. The molecule has 9 aromatic rings. The number of hydrogen-bond acceptors (Lipinski definition) is 2. The number of aromatic nitrogens is 2. The van der Waals surface area contributed by atoms with Crippen LogP contribution in [0, 0.1) is 0 Å². The molecule has 0 saturated heterocycles. The third-order valence-corrected chi connectivity index (χ3v) is 12.8. The number of nitrogens with zero attached hydrogens (tertiary/aromatic N) is 2. The zero-order chi connectivity index (χ0) is 38.3. The van der Waals surface area contributed by atoms with Crippen LogP contribution in [-0.4, -0.2) is 9.97 Å². The summed E-state index contributed by atoms with van der Waals surface area (Å²) in [6.45, 7) is 7.05. The van der Waals surface area contributed by atoms with Crippen LogP contribution in [0.15, 0.2) is 188 Å². The van der Waals surface area contributed by atoms with E-state index in [0.717, 1.165) is 39.3 Å². The van der Waals surface area contributed by atoms with Crippen LogP contribution in [0.25, 0.3) is 78.1 Å². The molecule has 2 heteroatoms. The smallest absolute Gasteiger partial charge is 0.160 e. The third kappa shape index (κ3) is 4.97. The lowest BCUT2D eigenvalue weighted by Gasteiger charge is -2.28. The Bertz CT molecular complexity index is 3050. The normalized spacial score (nSPS) is 15.8. The molecule has 2 nitrogen and oxygen atoms in total. The Hall–Kier alpha value is -6.90. The molecule has 1 aromatic heterocycles. The van der Waals surface area contributed by atoms with Crippen LogP contribution in [0.5, 0.6) is 0 Å². The molecule has 11 rings (SSSR count). The van der Waals surface area contributed by atoms with E-state index in [9.17, 15) is 0 Å². The van der Waals surface area contributed by atoms with E-state index in [4.69, 9.17) is 9.97 Å². The Morgan fingerprint density at radius 2 is 0.895 bits per heavy atom. The first-order chi connectivity index (χ1) is 27.9. The van der Waals surface area contributed by atoms with E-state index < -0.39 is 0 Å². The standard InChI is InChI=1S/C55H40N2/c1-54(2)46-26-14-13-24-44(46)52-45(25-16-28-48(52)54)51-34-50(56-53(57-51)35-17-6-4-7-18-35)43-32-31-38(39-21-10-11-22-40(39)43)36-29-30-42-41-23-12-15-27-47(41)55(3,49(42)33-36)37-19-8-5-9-20-37/h4-34H,1-3H3. The van der Waals surface area contributed by atoms with Crippen molar-refractivity contribution in [3.05, 3.63) is 216 Å². The summed E-state index contributed by atoms with van der Waals surface area (Å²) in [5.41, 5.74) is 19.0. The molecule has 0 radical (unpaired) electrons. The minimum Gasteiger partial charge on any atom is -0.228 e. The lowest BCUT2D eigenvalue weighted by molar-refractivity contribution is 0.660. The Kier molecular flexibility index (Phi) is 7.37. The first-order valence-electron chi connectivity index (χ1n) is 19.9. The van der Waals surface area contributed by atoms with Crippen molar-refractivity contribution < 1.29 is 0 Å². The largest absolute Gasteiger partial charge is 0.228 e. The van der Waals surface area contributed by atoms with Gasteiger partial charge in [-0.2, -0.15) is 0 Å². The molecule has 1 heterocycles. The van der Waals surface area contributed by atoms with Gasteiger partial charge in [0.15, 0.2) is 5.82 Å². The SMILES string of the molecule is CC1(C)c2ccccc2-c2c(-c3cc(-c4ccc(-c5ccc6c(c5)C(C)(c5ccccc5)c5ccccc5-6)c5ccccc45)nc(-c4ccccc4)n3)cccc21. The van der Waals surface area contributed by atoms with E-state index in [1.165, 1.54) is 66.6 Å². The highest BCUT2D eigenvalue weighted by atomic mass is 14.9. The average Bonchev–Trinajstić information content (AvgIpc) is 3.67. The fraction of sp³-hybridized carbons (Fsp3) is 0.0909. The van der Waals surface area contributed by atoms with Crippen LogP contribution in [0.3, 0.4) is 0 Å². The van der Waals surface area contributed by atoms with Crippen molar-refractivity contribution in [2.24, 2.45) is 0 Å². The van der Waals surface area contributed by atoms with Gasteiger partial charge in [0.25, 0.3) is 0 Å². The highest BCUT2D eigenvalue weighted by Crippen LogP contribution is 2.54. The quantitative estimate of drug-likeness (QED) is 0.176. The fourth-order valence-electron chi connectivity index (χ4n) is 9.92. The predicted molar refractivity (Wildman–Crippen MR) is 236 cm³/mol. The number of hydrogen-bond donors (Lipinski definition) is 0. The third-order valence-electron chi connectivity index (χ3n) is 12.8. The van der Waals surface area contributed by atoms with Gasteiger partial charge in [-0.3, -0.25) is 0 Å². The van der Waals surface area contributed by atoms with Crippen molar-refractivity contribution in [2.75, 3.05) is 0 Å². The summed E-state index contributed by atoms with van der Waals surface area (Å²) in [6.07, 6.45) is 0. The lowest BCUT2D eigenvalue weighted by atomic mass is 9.74. The topological polar surface area (TPSA) is 25.8 Å². The molecule has 0 fully saturated rings. The molecule has 0 aliphatic heterocycles. The first-order valence-corrected chi connectivity index (χ1v) is 19.9. The van der Waals surface area contributed by atoms with Gasteiger partial charge in [-0.1, -0.05) is 190 Å². The Labute approximate surface area is 334 Å². The monoisotopic (exact) mass is 728 g/mol. The molecule has 270 valence electrons. The summed E-state index contributed by atoms with van der Waals surface area (Å²) in [5.74, 6) is 0.720. The second kappa shape index (κ2) is 12.6. The molecular weight excluding hydrogens is 689 g/mol. The van der Waals surface area contributed by atoms with Gasteiger partial charge in [-0.15, -0.1) is 0 Å². The molecule has 8 aromatic carbocycles. The van der Waals surface area contributed by atoms with Crippen molar-refractivity contribution >= 4 is 10.8 Å². The maximum atomic E-state index is 5.33. The Balaban J connectivity index is 1.10. The molecule has 0 N–H and O–H groups in total. The molecule has 0 bridgehead atoms. The van der Waals surface area contributed by atoms with Crippen molar-refractivity contribution in [3.8, 4) is 67.3 Å². The van der Waals surface area contributed by atoms with Gasteiger partial charge in [-0.05, 0) is 91.0 Å². The maximum absolute atomic E-state index is 5.33. The van der Waals surface area contributed by atoms with Crippen molar-refractivity contribution in [1.29, 1.82) is 0 Å². The summed E-state index contributed by atoms with van der Waals surface area (Å²) < 4.78 is 0. The summed E-state index contributed by atoms with van der Waals surface area (Å²) in [6, 6.07) is 68.4. The van der Waals surface area contributed by atoms with Crippen molar-refractivity contribution in [3.63, 3.8) is 0 Å². The van der Waals surface area contributed by atoms with E-state index in [-0.39, 0.29) is 10.8 Å². The van der Waals surface area contributed by atoms with Crippen LogP contribution in [0.2, 0.25) is 0 Å². The summed E-state index contributed by atoms with van der Waals surface area (Å²) in [4.78, 5) is 10.7. The molecular formula is C55H40N2. The first kappa shape index (κ1) is 33.4. The predicted octanol–water partition coefficient (Wildman–Crippen LogP) is 13.9. The van der Waals surface area contributed by atoms with E-state index >= 15 is 0 Å². The molecule has 0 amide bonds. The van der Waals surface area contributed by atoms with E-state index in [2.05, 4.69) is 203 Å². The highest BCUT2D eigenvalue weighted by Gasteiger charge is 2.41. The molecule has 0 saturated carbocycles. The van der Waals surface area contributed by atoms with Gasteiger partial charge in [-0.25, -0.2) is 9.97 Å². The van der Waals surface area contributed by atoms with Gasteiger partial charge in [0.05, 0.1) is 11.4 Å². The van der Waals surface area contributed by atoms with Crippen LogP contribution < -0.4 is 0 Å². The van der Waals surface area contributed by atoms with Crippen LogP contribution in [0.4, 0.5) is 0 Å². The Morgan fingerprint density at radius 3 is 1.67 bits per heavy atom. The second-order valence-electron chi connectivity index (χ2n) is 16.2. The lowest BCUT2D eigenvalue weighted by Crippen LogP contribution is -2.22. The van der Waals surface area contributed by atoms with Crippen LogP contribution in [-0.2, 0) is 10.8 Å². The minimum atomic E-state index is -0.266. The van der Waals surface area contributed by atoms with Gasteiger partial charge in [0.2, 0.25) is 0 Å². The molecule has 1 unspecified atom stereocenters. The zero-order valence-corrected chi connectivity index (χ0v) is 32.3. The van der Waals surface area contributed by atoms with Crippen LogP contribution in [0.1, 0.15) is 48.6 Å². The van der Waals surface area contributed by atoms with Gasteiger partial charge in [0, 0.05) is 27.5 Å². The Morgan fingerprint density at radius 1 is 0.351 bits per heavy atom. The van der Waals surface area contributed by atoms with Crippen LogP contribution >= 0.6 is 0 Å². The average molecular weight is 729 g/mol. The summed E-state index contributed by atoms with van der Waals surface area (Å²) in [7, 11) is 0. The molecule has 0 spiro atoms. The second-order valence-corrected chi connectivity index (χ2v) is 16.2. The zero-order valence-electron chi connectivity index (χ0n) is 32.3. The maximum Gasteiger partial charge on any atom is 0.160 e. The molecule has 1 atom stereocenters. The van der Waals surface area contributed by atoms with Crippen molar-refractivity contribution in [2.45, 2.75) is 31.6 Å². The van der Waals surface area contributed by atoms with E-state index in [1.807, 2.05) is 6.07 Å². The van der Waals surface area contributed by atoms with E-state index in [1.54, 1.807) is 0 Å². The minimum absolute atomic E-state index is 0.106. The van der Waals surface area contributed by atoms with Gasteiger partial charge >= 0.3 is 0 Å². The van der Waals surface area contributed by atoms with Gasteiger partial charge < -0.3 is 0 Å². The fourth-order valence-corrected chi connectivity index (χ4v) is 9.92. The van der Waals surface area contributed by atoms with Crippen molar-refractivity contribution in [1.82, 2.24) is 9.97 Å². The number of benzene rings is 8. The van der Waals surface area contributed by atoms with E-state index in [0.29, 0.717) is 0 Å². The number of rotatable bonds is 5.